The molecule has 0 saturated heterocycles. The van der Waals surface area contributed by atoms with Crippen molar-refractivity contribution in [1.29, 1.82) is 0 Å². The molecule has 0 spiro atoms. The molecule has 0 aromatic heterocycles. The average molecular weight is 250 g/mol. The quantitative estimate of drug-likeness (QED) is 0.635. The summed E-state index contributed by atoms with van der Waals surface area (Å²) in [4.78, 5) is 22.9. The van der Waals surface area contributed by atoms with Crippen LogP contribution in [0.1, 0.15) is 11.1 Å². The van der Waals surface area contributed by atoms with Gasteiger partial charge in [-0.05, 0) is 18.3 Å². The van der Waals surface area contributed by atoms with Gasteiger partial charge < -0.3 is 10.0 Å². The minimum Gasteiger partial charge on any atom is -0.481 e. The third kappa shape index (κ3) is 3.58. The Morgan fingerprint density at radius 2 is 2.17 bits per heavy atom. The zero-order valence-corrected chi connectivity index (χ0v) is 10.2. The summed E-state index contributed by atoms with van der Waals surface area (Å²) in [5, 5.41) is 19.8. The van der Waals surface area contributed by atoms with E-state index in [0.717, 1.165) is 0 Å². The van der Waals surface area contributed by atoms with Crippen molar-refractivity contribution in [3.05, 3.63) is 45.6 Å². The van der Waals surface area contributed by atoms with Gasteiger partial charge in [-0.2, -0.15) is 0 Å². The molecule has 0 aliphatic heterocycles. The predicted octanol–water partition coefficient (Wildman–Crippen LogP) is 1.75. The fourth-order valence-corrected chi connectivity index (χ4v) is 1.50. The van der Waals surface area contributed by atoms with Crippen LogP contribution in [0.2, 0.25) is 0 Å². The van der Waals surface area contributed by atoms with E-state index in [9.17, 15) is 14.9 Å². The van der Waals surface area contributed by atoms with Crippen molar-refractivity contribution >= 4 is 17.7 Å². The van der Waals surface area contributed by atoms with Crippen LogP contribution in [0.25, 0.3) is 6.08 Å². The first-order valence-corrected chi connectivity index (χ1v) is 5.24. The van der Waals surface area contributed by atoms with Crippen molar-refractivity contribution in [3.8, 4) is 0 Å². The maximum absolute atomic E-state index is 11.0. The van der Waals surface area contributed by atoms with Crippen molar-refractivity contribution < 1.29 is 14.8 Å². The Hall–Kier alpha value is -2.37. The van der Waals surface area contributed by atoms with Crippen molar-refractivity contribution in [3.63, 3.8) is 0 Å². The predicted molar refractivity (Wildman–Crippen MR) is 67.2 cm³/mol. The lowest BCUT2D eigenvalue weighted by atomic mass is 10.0. The van der Waals surface area contributed by atoms with Crippen LogP contribution in [0.3, 0.4) is 0 Å². The number of rotatable bonds is 5. The van der Waals surface area contributed by atoms with E-state index in [0.29, 0.717) is 5.56 Å². The van der Waals surface area contributed by atoms with E-state index in [1.807, 2.05) is 0 Å². The Balaban J connectivity index is 3.25. The SMILES string of the molecule is CN(C)C=Cc1cccc(CC(=O)O)c1[N+](=O)[O-]. The lowest BCUT2D eigenvalue weighted by molar-refractivity contribution is -0.385. The second-order valence-electron chi connectivity index (χ2n) is 3.96. The number of nitro benzene ring substituents is 1. The van der Waals surface area contributed by atoms with Crippen molar-refractivity contribution in [2.24, 2.45) is 0 Å². The van der Waals surface area contributed by atoms with E-state index in [4.69, 9.17) is 5.11 Å². The molecule has 18 heavy (non-hydrogen) atoms. The van der Waals surface area contributed by atoms with Crippen molar-refractivity contribution in [2.75, 3.05) is 14.1 Å². The van der Waals surface area contributed by atoms with Crippen LogP contribution in [0, 0.1) is 10.1 Å². The number of nitrogens with zero attached hydrogens (tertiary/aromatic N) is 2. The molecule has 0 aliphatic rings. The van der Waals surface area contributed by atoms with E-state index in [2.05, 4.69) is 0 Å². The molecule has 0 unspecified atom stereocenters. The van der Waals surface area contributed by atoms with Gasteiger partial charge >= 0.3 is 5.97 Å². The lowest BCUT2D eigenvalue weighted by Crippen LogP contribution is -2.05. The molecule has 0 bridgehead atoms. The smallest absolute Gasteiger partial charge is 0.308 e. The molecule has 0 heterocycles. The summed E-state index contributed by atoms with van der Waals surface area (Å²) in [6.07, 6.45) is 2.90. The molecular weight excluding hydrogens is 236 g/mol. The number of hydrogen-bond donors (Lipinski definition) is 1. The molecule has 6 heteroatoms. The second kappa shape index (κ2) is 5.81. The van der Waals surface area contributed by atoms with E-state index in [-0.39, 0.29) is 17.7 Å². The zero-order valence-electron chi connectivity index (χ0n) is 10.2. The maximum Gasteiger partial charge on any atom is 0.308 e. The molecule has 0 radical (unpaired) electrons. The zero-order chi connectivity index (χ0) is 13.7. The standard InChI is InChI=1S/C12H14N2O4/c1-13(2)7-6-9-4-3-5-10(8-11(15)16)12(9)14(17)18/h3-7H,8H2,1-2H3,(H,15,16). The van der Waals surface area contributed by atoms with E-state index < -0.39 is 10.9 Å². The minimum absolute atomic E-state index is 0.155. The van der Waals surface area contributed by atoms with Crippen molar-refractivity contribution in [2.45, 2.75) is 6.42 Å². The number of hydrogen-bond acceptors (Lipinski definition) is 4. The highest BCUT2D eigenvalue weighted by atomic mass is 16.6. The Kier molecular flexibility index (Phi) is 4.42. The number of carboxylic acid groups (broad SMARTS) is 1. The van der Waals surface area contributed by atoms with Gasteiger partial charge in [0.1, 0.15) is 0 Å². The molecule has 0 atom stereocenters. The first-order valence-electron chi connectivity index (χ1n) is 5.24. The Morgan fingerprint density at radius 1 is 1.50 bits per heavy atom. The highest BCUT2D eigenvalue weighted by molar-refractivity contribution is 5.74. The average Bonchev–Trinajstić information content (AvgIpc) is 2.25. The first kappa shape index (κ1) is 13.7. The Bertz CT molecular complexity index is 495. The molecule has 6 nitrogen and oxygen atoms in total. The van der Waals surface area contributed by atoms with Gasteiger partial charge in [0.2, 0.25) is 0 Å². The largest absolute Gasteiger partial charge is 0.481 e. The van der Waals surface area contributed by atoms with Gasteiger partial charge in [0.15, 0.2) is 0 Å². The first-order chi connectivity index (χ1) is 8.41. The molecule has 0 amide bonds. The van der Waals surface area contributed by atoms with Gasteiger partial charge in [0, 0.05) is 19.7 Å². The highest BCUT2D eigenvalue weighted by Gasteiger charge is 2.19. The van der Waals surface area contributed by atoms with E-state index in [1.54, 1.807) is 43.4 Å². The molecule has 1 aromatic rings. The summed E-state index contributed by atoms with van der Waals surface area (Å²) in [5.41, 5.74) is 0.443. The molecule has 0 saturated carbocycles. The van der Waals surface area contributed by atoms with Gasteiger partial charge in [-0.15, -0.1) is 0 Å². The summed E-state index contributed by atoms with van der Waals surface area (Å²) < 4.78 is 0. The number of aliphatic carboxylic acids is 1. The number of para-hydroxylation sites is 1. The fourth-order valence-electron chi connectivity index (χ4n) is 1.50. The third-order valence-electron chi connectivity index (χ3n) is 2.23. The lowest BCUT2D eigenvalue weighted by Gasteiger charge is -2.06. The third-order valence-corrected chi connectivity index (χ3v) is 2.23. The van der Waals surface area contributed by atoms with E-state index in [1.165, 1.54) is 6.07 Å². The summed E-state index contributed by atoms with van der Waals surface area (Å²) in [6.45, 7) is 0. The number of carbonyl (C=O) groups is 1. The fraction of sp³-hybridized carbons (Fsp3) is 0.250. The summed E-state index contributed by atoms with van der Waals surface area (Å²) in [5.74, 6) is -1.09. The number of carboxylic acids is 1. The monoisotopic (exact) mass is 250 g/mol. The molecule has 0 aliphatic carbocycles. The second-order valence-corrected chi connectivity index (χ2v) is 3.96. The molecular formula is C12H14N2O4. The van der Waals surface area contributed by atoms with Crippen LogP contribution < -0.4 is 0 Å². The molecule has 0 fully saturated rings. The minimum atomic E-state index is -1.09. The molecule has 1 rings (SSSR count). The van der Waals surface area contributed by atoms with Crippen LogP contribution in [-0.2, 0) is 11.2 Å². The summed E-state index contributed by atoms with van der Waals surface area (Å²) in [7, 11) is 3.59. The van der Waals surface area contributed by atoms with E-state index >= 15 is 0 Å². The normalized spacial score (nSPS) is 10.6. The van der Waals surface area contributed by atoms with Gasteiger partial charge in [-0.1, -0.05) is 12.1 Å². The van der Waals surface area contributed by atoms with Crippen LogP contribution in [0.15, 0.2) is 24.4 Å². The van der Waals surface area contributed by atoms with Crippen LogP contribution >= 0.6 is 0 Å². The van der Waals surface area contributed by atoms with Gasteiger partial charge in [-0.25, -0.2) is 0 Å². The topological polar surface area (TPSA) is 83.7 Å². The number of benzene rings is 1. The molecule has 1 aromatic carbocycles. The highest BCUT2D eigenvalue weighted by Crippen LogP contribution is 2.25. The van der Waals surface area contributed by atoms with Crippen LogP contribution in [-0.4, -0.2) is 35.0 Å². The molecule has 96 valence electrons. The summed E-state index contributed by atoms with van der Waals surface area (Å²) >= 11 is 0. The number of nitro groups is 1. The Morgan fingerprint density at radius 3 is 2.67 bits per heavy atom. The molecule has 1 N–H and O–H groups in total. The van der Waals surface area contributed by atoms with Gasteiger partial charge in [-0.3, -0.25) is 14.9 Å². The van der Waals surface area contributed by atoms with Gasteiger partial charge in [0.05, 0.1) is 16.9 Å². The van der Waals surface area contributed by atoms with Gasteiger partial charge in [0.25, 0.3) is 5.69 Å². The maximum atomic E-state index is 11.0. The van der Waals surface area contributed by atoms with Crippen molar-refractivity contribution in [1.82, 2.24) is 4.90 Å². The van der Waals surface area contributed by atoms with Crippen LogP contribution in [0.5, 0.6) is 0 Å². The Labute approximate surface area is 104 Å². The van der Waals surface area contributed by atoms with Crippen LogP contribution in [0.4, 0.5) is 5.69 Å². The summed E-state index contributed by atoms with van der Waals surface area (Å²) in [6, 6.07) is 4.66.